The van der Waals surface area contributed by atoms with Gasteiger partial charge in [-0.1, -0.05) is 80.9 Å². The van der Waals surface area contributed by atoms with Crippen molar-refractivity contribution in [1.82, 2.24) is 0 Å². The molecule has 0 aliphatic carbocycles. The third-order valence-corrected chi connectivity index (χ3v) is 4.93. The van der Waals surface area contributed by atoms with E-state index in [9.17, 15) is 0 Å². The van der Waals surface area contributed by atoms with Gasteiger partial charge in [0.05, 0.1) is 31.6 Å². The van der Waals surface area contributed by atoms with Crippen LogP contribution in [-0.4, -0.2) is 36.1 Å². The second-order valence-electron chi connectivity index (χ2n) is 6.54. The van der Waals surface area contributed by atoms with Gasteiger partial charge in [-0.05, 0) is 6.42 Å². The highest BCUT2D eigenvalue weighted by atomic mass is 127. The number of quaternary nitrogens is 1. The number of unbranched alkanes of at least 4 members (excludes halogenated alkanes) is 8. The Morgan fingerprint density at radius 3 is 1.58 bits per heavy atom. The van der Waals surface area contributed by atoms with Gasteiger partial charge in [0.2, 0.25) is 0 Å². The van der Waals surface area contributed by atoms with Crippen LogP contribution in [-0.2, 0) is 0 Å². The summed E-state index contributed by atoms with van der Waals surface area (Å²) >= 11 is 2.55. The number of alkyl halides is 1. The van der Waals surface area contributed by atoms with Crippen molar-refractivity contribution in [2.24, 2.45) is 0 Å². The Morgan fingerprint density at radius 1 is 0.789 bits per heavy atom. The van der Waals surface area contributed by atoms with Gasteiger partial charge in [0.1, 0.15) is 0 Å². The average molecular weight is 448 g/mol. The summed E-state index contributed by atoms with van der Waals surface area (Å²) in [6, 6.07) is 0.843. The van der Waals surface area contributed by atoms with Crippen LogP contribution >= 0.6 is 22.6 Å². The molecule has 0 N–H and O–H groups in total. The molecule has 3 heteroatoms. The lowest BCUT2D eigenvalue weighted by Crippen LogP contribution is -3.00. The monoisotopic (exact) mass is 447 g/mol. The molecule has 0 aliphatic rings. The quantitative estimate of drug-likeness (QED) is 0.186. The van der Waals surface area contributed by atoms with E-state index in [1.165, 1.54) is 68.6 Å². The van der Waals surface area contributed by atoms with Crippen LogP contribution in [0.2, 0.25) is 0 Å². The number of nitrogens with zero attached hydrogens (tertiary/aromatic N) is 1. The van der Waals surface area contributed by atoms with E-state index in [1.807, 2.05) is 0 Å². The molecule has 0 aromatic carbocycles. The third kappa shape index (κ3) is 13.9. The molecule has 118 valence electrons. The van der Waals surface area contributed by atoms with E-state index in [2.05, 4.69) is 50.7 Å². The van der Waals surface area contributed by atoms with E-state index in [0.717, 1.165) is 10.5 Å². The fourth-order valence-electron chi connectivity index (χ4n) is 2.36. The van der Waals surface area contributed by atoms with Gasteiger partial charge in [-0.15, -0.1) is 0 Å². The van der Waals surface area contributed by atoms with Crippen LogP contribution in [0.5, 0.6) is 0 Å². The molecule has 0 saturated heterocycles. The van der Waals surface area contributed by atoms with Crippen molar-refractivity contribution in [3.8, 4) is 0 Å². The number of rotatable bonds is 12. The molecule has 0 spiro atoms. The highest BCUT2D eigenvalue weighted by Crippen LogP contribution is 2.16. The summed E-state index contributed by atoms with van der Waals surface area (Å²) in [4.78, 5) is 0. The molecule has 0 aromatic heterocycles. The standard InChI is InChI=1S/C16H35IN.BrH/c1-5-6-7-8-9-10-11-12-13-14-16(15-17)18(2,3)4;/h16H,5-15H2,1-4H3;1H/q+1;/p-1. The summed E-state index contributed by atoms with van der Waals surface area (Å²) in [7, 11) is 6.99. The van der Waals surface area contributed by atoms with Crippen molar-refractivity contribution >= 4 is 22.6 Å². The molecule has 0 radical (unpaired) electrons. The van der Waals surface area contributed by atoms with Gasteiger partial charge in [-0.2, -0.15) is 0 Å². The van der Waals surface area contributed by atoms with Gasteiger partial charge in [0.25, 0.3) is 0 Å². The van der Waals surface area contributed by atoms with Crippen molar-refractivity contribution in [2.45, 2.75) is 77.2 Å². The summed E-state index contributed by atoms with van der Waals surface area (Å²) in [5, 5.41) is 0. The predicted molar refractivity (Wildman–Crippen MR) is 92.6 cm³/mol. The summed E-state index contributed by atoms with van der Waals surface area (Å²) in [5.41, 5.74) is 0. The Kier molecular flexibility index (Phi) is 16.7. The first kappa shape index (κ1) is 22.5. The van der Waals surface area contributed by atoms with Crippen LogP contribution in [0.3, 0.4) is 0 Å². The fourth-order valence-corrected chi connectivity index (χ4v) is 3.98. The van der Waals surface area contributed by atoms with Crippen LogP contribution in [0, 0.1) is 0 Å². The first-order valence-electron chi connectivity index (χ1n) is 7.89. The topological polar surface area (TPSA) is 0 Å². The molecule has 0 rings (SSSR count). The lowest BCUT2D eigenvalue weighted by atomic mass is 10.0. The average Bonchev–Trinajstić information content (AvgIpc) is 2.30. The summed E-state index contributed by atoms with van der Waals surface area (Å²) in [6.45, 7) is 2.29. The minimum absolute atomic E-state index is 0. The molecule has 1 unspecified atom stereocenters. The van der Waals surface area contributed by atoms with Gasteiger partial charge in [0, 0.05) is 6.42 Å². The second-order valence-corrected chi connectivity index (χ2v) is 7.42. The number of hydrogen-bond acceptors (Lipinski definition) is 0. The molecule has 1 atom stereocenters. The van der Waals surface area contributed by atoms with Crippen LogP contribution in [0.4, 0.5) is 0 Å². The van der Waals surface area contributed by atoms with E-state index in [-0.39, 0.29) is 17.0 Å². The maximum absolute atomic E-state index is 2.55. The molecule has 19 heavy (non-hydrogen) atoms. The van der Waals surface area contributed by atoms with Crippen molar-refractivity contribution in [1.29, 1.82) is 0 Å². The Morgan fingerprint density at radius 2 is 1.21 bits per heavy atom. The van der Waals surface area contributed by atoms with E-state index >= 15 is 0 Å². The minimum atomic E-state index is 0. The smallest absolute Gasteiger partial charge is 0.0974 e. The third-order valence-electron chi connectivity index (χ3n) is 3.91. The molecule has 0 aromatic rings. The SMILES string of the molecule is CCCCCCCCCCCC(CI)[N+](C)(C)C.[Br-]. The Balaban J connectivity index is 0. The summed E-state index contributed by atoms with van der Waals surface area (Å²) in [6.07, 6.45) is 14.4. The van der Waals surface area contributed by atoms with Crippen LogP contribution in [0.25, 0.3) is 0 Å². The van der Waals surface area contributed by atoms with Gasteiger partial charge < -0.3 is 21.5 Å². The van der Waals surface area contributed by atoms with Crippen LogP contribution in [0.15, 0.2) is 0 Å². The fraction of sp³-hybridized carbons (Fsp3) is 1.00. The molecule has 0 fully saturated rings. The molecule has 0 bridgehead atoms. The normalized spacial score (nSPS) is 13.1. The number of halogens is 2. The van der Waals surface area contributed by atoms with Crippen molar-refractivity contribution in [2.75, 3.05) is 25.6 Å². The molecule has 0 aliphatic heterocycles. The first-order valence-corrected chi connectivity index (χ1v) is 9.42. The highest BCUT2D eigenvalue weighted by molar-refractivity contribution is 14.1. The van der Waals surface area contributed by atoms with E-state index in [1.54, 1.807) is 0 Å². The van der Waals surface area contributed by atoms with Crippen molar-refractivity contribution < 1.29 is 21.5 Å². The van der Waals surface area contributed by atoms with Gasteiger partial charge in [0.15, 0.2) is 0 Å². The Hall–Kier alpha value is 1.17. The van der Waals surface area contributed by atoms with E-state index in [4.69, 9.17) is 0 Å². The van der Waals surface area contributed by atoms with E-state index in [0.29, 0.717) is 0 Å². The molecular weight excluding hydrogens is 413 g/mol. The zero-order valence-electron chi connectivity index (χ0n) is 13.6. The van der Waals surface area contributed by atoms with Crippen LogP contribution < -0.4 is 17.0 Å². The summed E-state index contributed by atoms with van der Waals surface area (Å²) in [5.74, 6) is 0. The Bertz CT molecular complexity index is 180. The number of hydrogen-bond donors (Lipinski definition) is 0. The van der Waals surface area contributed by atoms with Crippen molar-refractivity contribution in [3.63, 3.8) is 0 Å². The van der Waals surface area contributed by atoms with E-state index < -0.39 is 0 Å². The Labute approximate surface area is 146 Å². The largest absolute Gasteiger partial charge is 1.00 e. The van der Waals surface area contributed by atoms with Gasteiger partial charge in [-0.25, -0.2) is 0 Å². The zero-order chi connectivity index (χ0) is 13.9. The molecular formula is C16H35BrIN. The zero-order valence-corrected chi connectivity index (χ0v) is 17.3. The predicted octanol–water partition coefficient (Wildman–Crippen LogP) is 2.42. The van der Waals surface area contributed by atoms with Crippen molar-refractivity contribution in [3.05, 3.63) is 0 Å². The first-order chi connectivity index (χ1) is 8.52. The molecule has 0 saturated carbocycles. The molecule has 1 nitrogen and oxygen atoms in total. The van der Waals surface area contributed by atoms with Gasteiger partial charge in [-0.3, -0.25) is 0 Å². The lowest BCUT2D eigenvalue weighted by molar-refractivity contribution is -0.893. The second kappa shape index (κ2) is 14.1. The highest BCUT2D eigenvalue weighted by Gasteiger charge is 2.21. The lowest BCUT2D eigenvalue weighted by Gasteiger charge is -2.33. The van der Waals surface area contributed by atoms with Crippen LogP contribution in [0.1, 0.15) is 71.1 Å². The molecule has 0 amide bonds. The maximum atomic E-state index is 2.55. The molecule has 0 heterocycles. The summed E-state index contributed by atoms with van der Waals surface area (Å²) < 4.78 is 2.41. The van der Waals surface area contributed by atoms with Gasteiger partial charge >= 0.3 is 0 Å². The minimum Gasteiger partial charge on any atom is -1.00 e. The maximum Gasteiger partial charge on any atom is 0.0974 e.